The molecule has 0 radical (unpaired) electrons. The van der Waals surface area contributed by atoms with Gasteiger partial charge in [-0.05, 0) is 6.07 Å². The summed E-state index contributed by atoms with van der Waals surface area (Å²) < 4.78 is 12.9. The fourth-order valence-electron chi connectivity index (χ4n) is 0.985. The highest BCUT2D eigenvalue weighted by atomic mass is 19.1. The third-order valence-corrected chi connectivity index (χ3v) is 1.59. The third kappa shape index (κ3) is 2.48. The van der Waals surface area contributed by atoms with E-state index in [0.717, 1.165) is 6.07 Å². The standard InChI is InChI=1S/C8H8FNO3/c9-7-4-2-1-3-6(7)8(11)5-10(12)13/h1-4,8,11H,5H2/t8-/m0/s1. The average molecular weight is 185 g/mol. The SMILES string of the molecule is O=[N+]([O-])C[C@H](O)c1ccccc1F. The van der Waals surface area contributed by atoms with Crippen molar-refractivity contribution in [2.45, 2.75) is 6.10 Å². The lowest BCUT2D eigenvalue weighted by atomic mass is 10.1. The summed E-state index contributed by atoms with van der Waals surface area (Å²) in [6, 6.07) is 5.45. The Kier molecular flexibility index (Phi) is 2.92. The predicted octanol–water partition coefficient (Wildman–Crippen LogP) is 1.14. The molecule has 0 bridgehead atoms. The topological polar surface area (TPSA) is 63.4 Å². The Hall–Kier alpha value is -1.49. The fraction of sp³-hybridized carbons (Fsp3) is 0.250. The van der Waals surface area contributed by atoms with Crippen molar-refractivity contribution < 1.29 is 14.4 Å². The molecule has 0 amide bonds. The molecule has 1 aromatic carbocycles. The van der Waals surface area contributed by atoms with Gasteiger partial charge < -0.3 is 5.11 Å². The Bertz CT molecular complexity index is 316. The zero-order chi connectivity index (χ0) is 9.84. The van der Waals surface area contributed by atoms with Crippen molar-refractivity contribution in [3.8, 4) is 0 Å². The zero-order valence-electron chi connectivity index (χ0n) is 6.68. The van der Waals surface area contributed by atoms with Crippen LogP contribution in [0.1, 0.15) is 11.7 Å². The Morgan fingerprint density at radius 2 is 2.15 bits per heavy atom. The van der Waals surface area contributed by atoms with Gasteiger partial charge in [-0.3, -0.25) is 10.1 Å². The molecule has 0 unspecified atom stereocenters. The van der Waals surface area contributed by atoms with E-state index in [1.165, 1.54) is 18.2 Å². The molecule has 0 fully saturated rings. The van der Waals surface area contributed by atoms with Crippen LogP contribution < -0.4 is 0 Å². The number of nitrogens with zero attached hydrogens (tertiary/aromatic N) is 1. The van der Waals surface area contributed by atoms with E-state index >= 15 is 0 Å². The molecule has 0 aliphatic rings. The Balaban J connectivity index is 2.82. The van der Waals surface area contributed by atoms with Gasteiger partial charge >= 0.3 is 0 Å². The molecule has 0 aromatic heterocycles. The van der Waals surface area contributed by atoms with Crippen molar-refractivity contribution in [3.05, 3.63) is 45.8 Å². The number of benzene rings is 1. The second-order valence-corrected chi connectivity index (χ2v) is 2.55. The Morgan fingerprint density at radius 1 is 1.54 bits per heavy atom. The molecule has 4 nitrogen and oxygen atoms in total. The van der Waals surface area contributed by atoms with Gasteiger partial charge in [0.25, 0.3) is 0 Å². The van der Waals surface area contributed by atoms with E-state index in [0.29, 0.717) is 0 Å². The number of aliphatic hydroxyl groups excluding tert-OH is 1. The van der Waals surface area contributed by atoms with E-state index < -0.39 is 23.4 Å². The van der Waals surface area contributed by atoms with E-state index in [-0.39, 0.29) is 5.56 Å². The van der Waals surface area contributed by atoms with E-state index in [4.69, 9.17) is 0 Å². The van der Waals surface area contributed by atoms with Gasteiger partial charge in [0.2, 0.25) is 6.54 Å². The second-order valence-electron chi connectivity index (χ2n) is 2.55. The second kappa shape index (κ2) is 3.95. The summed E-state index contributed by atoms with van der Waals surface area (Å²) in [5.41, 5.74) is -0.0424. The molecule has 1 aromatic rings. The maximum absolute atomic E-state index is 12.9. The predicted molar refractivity (Wildman–Crippen MR) is 43.2 cm³/mol. The van der Waals surface area contributed by atoms with Gasteiger partial charge in [0, 0.05) is 10.5 Å². The number of hydrogen-bond donors (Lipinski definition) is 1. The van der Waals surface area contributed by atoms with Crippen LogP contribution in [0.4, 0.5) is 4.39 Å². The third-order valence-electron chi connectivity index (χ3n) is 1.59. The molecule has 0 saturated heterocycles. The number of nitro groups is 1. The van der Waals surface area contributed by atoms with Gasteiger partial charge in [-0.25, -0.2) is 4.39 Å². The monoisotopic (exact) mass is 185 g/mol. The first-order valence-corrected chi connectivity index (χ1v) is 3.65. The lowest BCUT2D eigenvalue weighted by Crippen LogP contribution is -2.12. The smallest absolute Gasteiger partial charge is 0.233 e. The summed E-state index contributed by atoms with van der Waals surface area (Å²) in [6.07, 6.45) is -1.38. The van der Waals surface area contributed by atoms with Gasteiger partial charge in [0.1, 0.15) is 11.9 Å². The Morgan fingerprint density at radius 3 is 2.69 bits per heavy atom. The Labute approximate surface area is 73.8 Å². The van der Waals surface area contributed by atoms with Crippen LogP contribution in [0.3, 0.4) is 0 Å². The number of rotatable bonds is 3. The summed E-state index contributed by atoms with van der Waals surface area (Å²) in [5.74, 6) is -0.628. The summed E-state index contributed by atoms with van der Waals surface area (Å²) >= 11 is 0. The molecular formula is C8H8FNO3. The molecule has 0 spiro atoms. The molecule has 0 aliphatic heterocycles. The van der Waals surface area contributed by atoms with Gasteiger partial charge in [-0.1, -0.05) is 18.2 Å². The molecular weight excluding hydrogens is 177 g/mol. The van der Waals surface area contributed by atoms with Crippen molar-refractivity contribution in [1.82, 2.24) is 0 Å². The molecule has 0 aliphatic carbocycles. The summed E-state index contributed by atoms with van der Waals surface area (Å²) in [6.45, 7) is -0.680. The van der Waals surface area contributed by atoms with Crippen molar-refractivity contribution >= 4 is 0 Å². The molecule has 0 heterocycles. The van der Waals surface area contributed by atoms with Crippen LogP contribution in [-0.4, -0.2) is 16.6 Å². The van der Waals surface area contributed by atoms with Crippen LogP contribution in [0, 0.1) is 15.9 Å². The molecule has 70 valence electrons. The average Bonchev–Trinajstić information content (AvgIpc) is 2.03. The fourth-order valence-corrected chi connectivity index (χ4v) is 0.985. The maximum atomic E-state index is 12.9. The summed E-state index contributed by atoms with van der Waals surface area (Å²) in [5, 5.41) is 19.2. The highest BCUT2D eigenvalue weighted by molar-refractivity contribution is 5.19. The van der Waals surface area contributed by atoms with E-state index in [9.17, 15) is 19.6 Å². The molecule has 1 N–H and O–H groups in total. The normalized spacial score (nSPS) is 12.5. The van der Waals surface area contributed by atoms with Crippen LogP contribution >= 0.6 is 0 Å². The van der Waals surface area contributed by atoms with Gasteiger partial charge in [0.05, 0.1) is 0 Å². The van der Waals surface area contributed by atoms with E-state index in [1.807, 2.05) is 0 Å². The van der Waals surface area contributed by atoms with Crippen LogP contribution in [0.2, 0.25) is 0 Å². The van der Waals surface area contributed by atoms with E-state index in [1.54, 1.807) is 0 Å². The van der Waals surface area contributed by atoms with Gasteiger partial charge in [0.15, 0.2) is 0 Å². The van der Waals surface area contributed by atoms with Crippen LogP contribution in [0.25, 0.3) is 0 Å². The van der Waals surface area contributed by atoms with Crippen LogP contribution in [-0.2, 0) is 0 Å². The van der Waals surface area contributed by atoms with Crippen molar-refractivity contribution in [3.63, 3.8) is 0 Å². The lowest BCUT2D eigenvalue weighted by molar-refractivity contribution is -0.491. The summed E-state index contributed by atoms with van der Waals surface area (Å²) in [7, 11) is 0. The molecule has 13 heavy (non-hydrogen) atoms. The van der Waals surface area contributed by atoms with Gasteiger partial charge in [-0.15, -0.1) is 0 Å². The molecule has 0 saturated carbocycles. The van der Waals surface area contributed by atoms with Crippen molar-refractivity contribution in [2.24, 2.45) is 0 Å². The first-order valence-electron chi connectivity index (χ1n) is 3.65. The zero-order valence-corrected chi connectivity index (χ0v) is 6.68. The number of aliphatic hydroxyl groups is 1. The number of halogens is 1. The minimum Gasteiger partial charge on any atom is -0.381 e. The quantitative estimate of drug-likeness (QED) is 0.567. The first-order chi connectivity index (χ1) is 6.11. The summed E-state index contributed by atoms with van der Waals surface area (Å²) in [4.78, 5) is 9.33. The minimum absolute atomic E-state index is 0.0424. The molecule has 1 atom stereocenters. The molecule has 5 heteroatoms. The minimum atomic E-state index is -1.38. The lowest BCUT2D eigenvalue weighted by Gasteiger charge is -2.06. The van der Waals surface area contributed by atoms with E-state index in [2.05, 4.69) is 0 Å². The largest absolute Gasteiger partial charge is 0.381 e. The molecule has 1 rings (SSSR count). The van der Waals surface area contributed by atoms with Gasteiger partial charge in [-0.2, -0.15) is 0 Å². The van der Waals surface area contributed by atoms with Crippen LogP contribution in [0.15, 0.2) is 24.3 Å². The maximum Gasteiger partial charge on any atom is 0.233 e. The first kappa shape index (κ1) is 9.60. The van der Waals surface area contributed by atoms with Crippen molar-refractivity contribution in [2.75, 3.05) is 6.54 Å². The van der Waals surface area contributed by atoms with Crippen LogP contribution in [0.5, 0.6) is 0 Å². The highest BCUT2D eigenvalue weighted by Gasteiger charge is 2.16. The highest BCUT2D eigenvalue weighted by Crippen LogP contribution is 2.16. The number of hydrogen-bond acceptors (Lipinski definition) is 3. The van der Waals surface area contributed by atoms with Crippen molar-refractivity contribution in [1.29, 1.82) is 0 Å².